The molecule has 2 heterocycles. The Morgan fingerprint density at radius 3 is 2.42 bits per heavy atom. The molecule has 0 bridgehead atoms. The van der Waals surface area contributed by atoms with Crippen LogP contribution in [0.4, 0.5) is 13.2 Å². The van der Waals surface area contributed by atoms with E-state index in [1.807, 2.05) is 0 Å². The van der Waals surface area contributed by atoms with E-state index >= 15 is 0 Å². The molecule has 2 saturated heterocycles. The fourth-order valence-electron chi connectivity index (χ4n) is 4.85. The summed E-state index contributed by atoms with van der Waals surface area (Å²) in [5.41, 5.74) is 10.2. The summed E-state index contributed by atoms with van der Waals surface area (Å²) >= 11 is 0. The van der Waals surface area contributed by atoms with Crippen molar-refractivity contribution in [3.8, 4) is 0 Å². The molecule has 0 aromatic heterocycles. The maximum Gasteiger partial charge on any atom is 0.238 e. The lowest BCUT2D eigenvalue weighted by Gasteiger charge is -2.27. The van der Waals surface area contributed by atoms with Crippen LogP contribution in [0.3, 0.4) is 0 Å². The minimum atomic E-state index is -1.28. The Morgan fingerprint density at radius 2 is 1.77 bits per heavy atom. The van der Waals surface area contributed by atoms with E-state index < -0.39 is 34.8 Å². The molecule has 0 spiro atoms. The topological polar surface area (TPSA) is 110 Å². The van der Waals surface area contributed by atoms with Crippen LogP contribution in [0.25, 0.3) is 0 Å². The van der Waals surface area contributed by atoms with Crippen molar-refractivity contribution in [3.05, 3.63) is 35.1 Å². The molecular formula is C21H25F3N4O3. The predicted molar refractivity (Wildman–Crippen MR) is 104 cm³/mol. The molecule has 1 aromatic carbocycles. The first-order valence-electron chi connectivity index (χ1n) is 10.4. The van der Waals surface area contributed by atoms with Gasteiger partial charge in [0.05, 0.1) is 6.04 Å². The third kappa shape index (κ3) is 3.88. The normalized spacial score (nSPS) is 24.8. The summed E-state index contributed by atoms with van der Waals surface area (Å²) in [6.45, 7) is 1.36. The summed E-state index contributed by atoms with van der Waals surface area (Å²) in [6, 6.07) is 0.294. The number of primary amides is 1. The van der Waals surface area contributed by atoms with Crippen LogP contribution >= 0.6 is 0 Å². The van der Waals surface area contributed by atoms with Gasteiger partial charge in [-0.15, -0.1) is 0 Å². The second-order valence-electron chi connectivity index (χ2n) is 8.89. The molecule has 1 saturated carbocycles. The monoisotopic (exact) mass is 438 g/mol. The average molecular weight is 438 g/mol. The first-order valence-corrected chi connectivity index (χ1v) is 10.4. The highest BCUT2D eigenvalue weighted by Crippen LogP contribution is 2.48. The van der Waals surface area contributed by atoms with Crippen LogP contribution in [0.5, 0.6) is 0 Å². The summed E-state index contributed by atoms with van der Waals surface area (Å²) < 4.78 is 40.3. The fraction of sp³-hybridized carbons (Fsp3) is 0.571. The van der Waals surface area contributed by atoms with Crippen LogP contribution in [-0.2, 0) is 20.8 Å². The van der Waals surface area contributed by atoms with E-state index in [0.717, 1.165) is 12.5 Å². The second-order valence-corrected chi connectivity index (χ2v) is 8.89. The van der Waals surface area contributed by atoms with E-state index in [1.165, 1.54) is 0 Å². The Morgan fingerprint density at radius 1 is 1.10 bits per heavy atom. The minimum Gasteiger partial charge on any atom is -0.369 e. The molecule has 3 aliphatic rings. The highest BCUT2D eigenvalue weighted by atomic mass is 19.2. The van der Waals surface area contributed by atoms with Gasteiger partial charge in [0.2, 0.25) is 17.7 Å². The maximum absolute atomic E-state index is 13.9. The van der Waals surface area contributed by atoms with Crippen molar-refractivity contribution in [2.24, 2.45) is 22.8 Å². The Kier molecular flexibility index (Phi) is 5.45. The summed E-state index contributed by atoms with van der Waals surface area (Å²) in [4.78, 5) is 40.6. The van der Waals surface area contributed by atoms with Crippen molar-refractivity contribution in [2.45, 2.75) is 44.2 Å². The number of hydrogen-bond acceptors (Lipinski definition) is 4. The lowest BCUT2D eigenvalue weighted by atomic mass is 10.0. The number of halogens is 3. The number of nitrogens with zero attached hydrogens (tertiary/aromatic N) is 2. The molecule has 31 heavy (non-hydrogen) atoms. The van der Waals surface area contributed by atoms with Crippen molar-refractivity contribution in [2.75, 3.05) is 19.6 Å². The Labute approximate surface area is 177 Å². The zero-order valence-corrected chi connectivity index (χ0v) is 17.0. The molecule has 0 radical (unpaired) electrons. The molecule has 168 valence electrons. The van der Waals surface area contributed by atoms with E-state index in [4.69, 9.17) is 11.5 Å². The van der Waals surface area contributed by atoms with Crippen LogP contribution in [0.15, 0.2) is 12.1 Å². The predicted octanol–water partition coefficient (Wildman–Crippen LogP) is 0.689. The van der Waals surface area contributed by atoms with Gasteiger partial charge < -0.3 is 21.3 Å². The van der Waals surface area contributed by atoms with Gasteiger partial charge in [-0.05, 0) is 37.3 Å². The van der Waals surface area contributed by atoms with Crippen molar-refractivity contribution in [1.29, 1.82) is 0 Å². The first kappa shape index (κ1) is 21.6. The smallest absolute Gasteiger partial charge is 0.238 e. The van der Waals surface area contributed by atoms with Gasteiger partial charge in [-0.1, -0.05) is 0 Å². The molecule has 1 aromatic rings. The first-order chi connectivity index (χ1) is 14.6. The molecule has 7 nitrogen and oxygen atoms in total. The Balaban J connectivity index is 1.36. The fourth-order valence-corrected chi connectivity index (χ4v) is 4.85. The average Bonchev–Trinajstić information content (AvgIpc) is 3.26. The molecule has 2 unspecified atom stereocenters. The van der Waals surface area contributed by atoms with Crippen molar-refractivity contribution in [1.82, 2.24) is 9.80 Å². The molecule has 3 amide bonds. The number of hydrogen-bond donors (Lipinski definition) is 2. The number of fused-ring (bicyclic) bond motifs is 1. The summed E-state index contributed by atoms with van der Waals surface area (Å²) in [5.74, 6) is -4.32. The van der Waals surface area contributed by atoms with E-state index in [2.05, 4.69) is 0 Å². The van der Waals surface area contributed by atoms with Crippen molar-refractivity contribution < 1.29 is 27.6 Å². The maximum atomic E-state index is 13.9. The number of likely N-dealkylation sites (tertiary alicyclic amines) is 2. The standard InChI is InChI=1S/C21H25F3N4O3/c22-14-8-16(24)15(23)6-12(14)5-13(25)7-18(29)28-4-1-11-9-27(10-17(11)28)20(31)21(2-3-21)19(26)30/h6,8,11,13,17H,1-5,7,9-10,25H2,(H2,26,30)/t11-,13?,17?/m0/s1. The lowest BCUT2D eigenvalue weighted by Crippen LogP contribution is -2.46. The molecular weight excluding hydrogens is 413 g/mol. The van der Waals surface area contributed by atoms with Gasteiger partial charge in [0.15, 0.2) is 11.6 Å². The molecule has 3 atom stereocenters. The SMILES string of the molecule is NC(=O)C1(C(=O)N2CC3[C@@H](CCN3C(=O)CC(N)Cc3cc(F)c(F)cc3F)C2)CC1. The van der Waals surface area contributed by atoms with E-state index in [9.17, 15) is 27.6 Å². The Bertz CT molecular complexity index is 937. The third-order valence-electron chi connectivity index (χ3n) is 6.79. The van der Waals surface area contributed by atoms with Crippen molar-refractivity contribution in [3.63, 3.8) is 0 Å². The van der Waals surface area contributed by atoms with Crippen LogP contribution in [-0.4, -0.2) is 59.2 Å². The number of rotatable bonds is 6. The van der Waals surface area contributed by atoms with Gasteiger partial charge in [-0.3, -0.25) is 14.4 Å². The largest absolute Gasteiger partial charge is 0.369 e. The van der Waals surface area contributed by atoms with Crippen LogP contribution in [0, 0.1) is 28.8 Å². The van der Waals surface area contributed by atoms with Gasteiger partial charge in [-0.25, -0.2) is 13.2 Å². The summed E-state index contributed by atoms with van der Waals surface area (Å²) in [5, 5.41) is 0. The quantitative estimate of drug-likeness (QED) is 0.503. The summed E-state index contributed by atoms with van der Waals surface area (Å²) in [7, 11) is 0. The number of carbonyl (C=O) groups is 3. The van der Waals surface area contributed by atoms with Gasteiger partial charge in [0.1, 0.15) is 11.2 Å². The highest BCUT2D eigenvalue weighted by molar-refractivity contribution is 6.07. The third-order valence-corrected chi connectivity index (χ3v) is 6.79. The lowest BCUT2D eigenvalue weighted by molar-refractivity contribution is -0.143. The molecule has 1 aliphatic carbocycles. The van der Waals surface area contributed by atoms with Gasteiger partial charge in [0, 0.05) is 44.1 Å². The number of carbonyl (C=O) groups excluding carboxylic acids is 3. The molecule has 4 rings (SSSR count). The molecule has 2 aliphatic heterocycles. The second kappa shape index (κ2) is 7.81. The van der Waals surface area contributed by atoms with Gasteiger partial charge in [0.25, 0.3) is 0 Å². The van der Waals surface area contributed by atoms with E-state index in [0.29, 0.717) is 38.5 Å². The molecule has 3 fully saturated rings. The highest BCUT2D eigenvalue weighted by Gasteiger charge is 2.59. The van der Waals surface area contributed by atoms with E-state index in [1.54, 1.807) is 9.80 Å². The summed E-state index contributed by atoms with van der Waals surface area (Å²) in [6.07, 6.45) is 1.47. The zero-order valence-electron chi connectivity index (χ0n) is 17.0. The molecule has 4 N–H and O–H groups in total. The van der Waals surface area contributed by atoms with Gasteiger partial charge >= 0.3 is 0 Å². The van der Waals surface area contributed by atoms with Crippen LogP contribution in [0.1, 0.15) is 31.2 Å². The molecule has 10 heteroatoms. The van der Waals surface area contributed by atoms with Gasteiger partial charge in [-0.2, -0.15) is 0 Å². The van der Waals surface area contributed by atoms with Crippen LogP contribution in [0.2, 0.25) is 0 Å². The number of benzene rings is 1. The zero-order chi connectivity index (χ0) is 22.5. The van der Waals surface area contributed by atoms with Crippen molar-refractivity contribution >= 4 is 17.7 Å². The van der Waals surface area contributed by atoms with Crippen LogP contribution < -0.4 is 11.5 Å². The number of nitrogens with two attached hydrogens (primary N) is 2. The Hall–Kier alpha value is -2.62. The minimum absolute atomic E-state index is 0.0825. The van der Waals surface area contributed by atoms with E-state index in [-0.39, 0.29) is 42.2 Å². The number of amides is 3.